The van der Waals surface area contributed by atoms with E-state index in [1.165, 1.54) is 0 Å². The number of anilines is 1. The fourth-order valence-corrected chi connectivity index (χ4v) is 2.42. The third kappa shape index (κ3) is 2.84. The van der Waals surface area contributed by atoms with E-state index in [4.69, 9.17) is 0 Å². The number of aryl methyl sites for hydroxylation is 1. The van der Waals surface area contributed by atoms with Crippen LogP contribution in [-0.4, -0.2) is 51.9 Å². The molecule has 0 atom stereocenters. The maximum absolute atomic E-state index is 12.5. The normalized spacial score (nSPS) is 15.1. The van der Waals surface area contributed by atoms with Crippen molar-refractivity contribution in [2.75, 3.05) is 31.1 Å². The van der Waals surface area contributed by atoms with Crippen LogP contribution in [0.3, 0.4) is 0 Å². The van der Waals surface area contributed by atoms with Gasteiger partial charge in [0.25, 0.3) is 5.91 Å². The first-order valence-corrected chi connectivity index (χ1v) is 6.97. The standard InChI is InChI=1S/C15H17N5O/c1-12-3-6-16-11-13(12)14(21)19-7-9-20(10-8-19)15-17-4-2-5-18-15/h2-6,11H,7-10H2,1H3. The second-order valence-electron chi connectivity index (χ2n) is 5.02. The molecule has 0 N–H and O–H groups in total. The summed E-state index contributed by atoms with van der Waals surface area (Å²) in [7, 11) is 0. The van der Waals surface area contributed by atoms with Crippen LogP contribution in [0.1, 0.15) is 15.9 Å². The lowest BCUT2D eigenvalue weighted by Gasteiger charge is -2.34. The Hall–Kier alpha value is -2.50. The molecular weight excluding hydrogens is 266 g/mol. The van der Waals surface area contributed by atoms with Gasteiger partial charge in [-0.2, -0.15) is 0 Å². The minimum atomic E-state index is 0.0502. The fourth-order valence-electron chi connectivity index (χ4n) is 2.42. The van der Waals surface area contributed by atoms with Gasteiger partial charge in [0.05, 0.1) is 5.56 Å². The molecule has 3 heterocycles. The first kappa shape index (κ1) is 13.5. The van der Waals surface area contributed by atoms with E-state index in [2.05, 4.69) is 19.9 Å². The number of carbonyl (C=O) groups excluding carboxylic acids is 1. The smallest absolute Gasteiger partial charge is 0.255 e. The highest BCUT2D eigenvalue weighted by Crippen LogP contribution is 2.14. The molecule has 21 heavy (non-hydrogen) atoms. The van der Waals surface area contributed by atoms with Crippen molar-refractivity contribution in [3.63, 3.8) is 0 Å². The zero-order chi connectivity index (χ0) is 14.7. The van der Waals surface area contributed by atoms with Gasteiger partial charge in [0, 0.05) is 51.0 Å². The third-order valence-electron chi connectivity index (χ3n) is 3.67. The molecule has 1 amide bonds. The molecule has 1 aliphatic rings. The molecule has 0 aliphatic carbocycles. The van der Waals surface area contributed by atoms with Gasteiger partial charge in [0.1, 0.15) is 0 Å². The molecule has 2 aromatic rings. The number of nitrogens with zero attached hydrogens (tertiary/aromatic N) is 5. The third-order valence-corrected chi connectivity index (χ3v) is 3.67. The van der Waals surface area contributed by atoms with Crippen molar-refractivity contribution in [3.8, 4) is 0 Å². The number of hydrogen-bond donors (Lipinski definition) is 0. The molecule has 108 valence electrons. The number of hydrogen-bond acceptors (Lipinski definition) is 5. The minimum Gasteiger partial charge on any atom is -0.337 e. The average Bonchev–Trinajstić information content (AvgIpc) is 2.56. The minimum absolute atomic E-state index is 0.0502. The number of carbonyl (C=O) groups is 1. The zero-order valence-corrected chi connectivity index (χ0v) is 11.9. The summed E-state index contributed by atoms with van der Waals surface area (Å²) in [6, 6.07) is 3.66. The zero-order valence-electron chi connectivity index (χ0n) is 11.9. The van der Waals surface area contributed by atoms with Crippen molar-refractivity contribution in [1.29, 1.82) is 0 Å². The monoisotopic (exact) mass is 283 g/mol. The lowest BCUT2D eigenvalue weighted by Crippen LogP contribution is -2.49. The summed E-state index contributed by atoms with van der Waals surface area (Å²) in [6.07, 6.45) is 6.82. The highest BCUT2D eigenvalue weighted by Gasteiger charge is 2.24. The van der Waals surface area contributed by atoms with E-state index < -0.39 is 0 Å². The Labute approximate surface area is 123 Å². The predicted octanol–water partition coefficient (Wildman–Crippen LogP) is 1.14. The predicted molar refractivity (Wildman–Crippen MR) is 79.1 cm³/mol. The highest BCUT2D eigenvalue weighted by atomic mass is 16.2. The summed E-state index contributed by atoms with van der Waals surface area (Å²) in [6.45, 7) is 4.77. The lowest BCUT2D eigenvalue weighted by atomic mass is 10.1. The van der Waals surface area contributed by atoms with E-state index in [1.54, 1.807) is 30.9 Å². The van der Waals surface area contributed by atoms with Crippen LogP contribution < -0.4 is 4.90 Å². The molecule has 2 aromatic heterocycles. The van der Waals surface area contributed by atoms with Crippen LogP contribution in [-0.2, 0) is 0 Å². The molecule has 6 heteroatoms. The summed E-state index contributed by atoms with van der Waals surface area (Å²) >= 11 is 0. The van der Waals surface area contributed by atoms with E-state index in [0.29, 0.717) is 18.7 Å². The van der Waals surface area contributed by atoms with Crippen LogP contribution in [0.5, 0.6) is 0 Å². The van der Waals surface area contributed by atoms with Gasteiger partial charge in [-0.25, -0.2) is 9.97 Å². The molecule has 3 rings (SSSR count). The van der Waals surface area contributed by atoms with Gasteiger partial charge < -0.3 is 9.80 Å². The van der Waals surface area contributed by atoms with Crippen molar-refractivity contribution in [1.82, 2.24) is 19.9 Å². The van der Waals surface area contributed by atoms with Crippen molar-refractivity contribution >= 4 is 11.9 Å². The maximum Gasteiger partial charge on any atom is 0.255 e. The first-order valence-electron chi connectivity index (χ1n) is 6.97. The van der Waals surface area contributed by atoms with E-state index in [-0.39, 0.29) is 5.91 Å². The van der Waals surface area contributed by atoms with Gasteiger partial charge in [-0.3, -0.25) is 9.78 Å². The summed E-state index contributed by atoms with van der Waals surface area (Å²) in [5.41, 5.74) is 1.64. The van der Waals surface area contributed by atoms with Crippen molar-refractivity contribution in [2.24, 2.45) is 0 Å². The molecular formula is C15H17N5O. The largest absolute Gasteiger partial charge is 0.337 e. The molecule has 6 nitrogen and oxygen atoms in total. The number of piperazine rings is 1. The van der Waals surface area contributed by atoms with Crippen LogP contribution in [0.2, 0.25) is 0 Å². The summed E-state index contributed by atoms with van der Waals surface area (Å²) in [4.78, 5) is 29.0. The number of amides is 1. The van der Waals surface area contributed by atoms with E-state index in [9.17, 15) is 4.79 Å². The van der Waals surface area contributed by atoms with Crippen LogP contribution in [0.15, 0.2) is 36.9 Å². The maximum atomic E-state index is 12.5. The van der Waals surface area contributed by atoms with Gasteiger partial charge in [-0.1, -0.05) is 0 Å². The molecule has 0 unspecified atom stereocenters. The van der Waals surface area contributed by atoms with Crippen LogP contribution in [0, 0.1) is 6.92 Å². The second-order valence-corrected chi connectivity index (χ2v) is 5.02. The van der Waals surface area contributed by atoms with Crippen LogP contribution in [0.25, 0.3) is 0 Å². The molecule has 0 saturated carbocycles. The van der Waals surface area contributed by atoms with Crippen molar-refractivity contribution < 1.29 is 4.79 Å². The van der Waals surface area contributed by atoms with Crippen molar-refractivity contribution in [3.05, 3.63) is 48.0 Å². The molecule has 1 saturated heterocycles. The van der Waals surface area contributed by atoms with Gasteiger partial charge in [0.15, 0.2) is 0 Å². The van der Waals surface area contributed by atoms with Gasteiger partial charge in [0.2, 0.25) is 5.95 Å². The Morgan fingerprint density at radius 2 is 1.81 bits per heavy atom. The number of rotatable bonds is 2. The summed E-state index contributed by atoms with van der Waals surface area (Å²) in [5.74, 6) is 0.774. The summed E-state index contributed by atoms with van der Waals surface area (Å²) < 4.78 is 0. The molecule has 0 bridgehead atoms. The van der Waals surface area contributed by atoms with Crippen molar-refractivity contribution in [2.45, 2.75) is 6.92 Å². The topological polar surface area (TPSA) is 62.2 Å². The van der Waals surface area contributed by atoms with Crippen LogP contribution in [0.4, 0.5) is 5.95 Å². The molecule has 0 radical (unpaired) electrons. The van der Waals surface area contributed by atoms with E-state index in [1.807, 2.05) is 17.9 Å². The molecule has 0 aromatic carbocycles. The first-order chi connectivity index (χ1) is 10.3. The molecule has 1 aliphatic heterocycles. The summed E-state index contributed by atoms with van der Waals surface area (Å²) in [5, 5.41) is 0. The Morgan fingerprint density at radius 3 is 2.48 bits per heavy atom. The Balaban J connectivity index is 1.66. The highest BCUT2D eigenvalue weighted by molar-refractivity contribution is 5.95. The van der Waals surface area contributed by atoms with E-state index >= 15 is 0 Å². The van der Waals surface area contributed by atoms with Gasteiger partial charge >= 0.3 is 0 Å². The Kier molecular flexibility index (Phi) is 3.77. The van der Waals surface area contributed by atoms with Crippen LogP contribution >= 0.6 is 0 Å². The lowest BCUT2D eigenvalue weighted by molar-refractivity contribution is 0.0745. The SMILES string of the molecule is Cc1ccncc1C(=O)N1CCN(c2ncccn2)CC1. The van der Waals surface area contributed by atoms with E-state index in [0.717, 1.165) is 24.6 Å². The quantitative estimate of drug-likeness (QED) is 0.827. The fraction of sp³-hybridized carbons (Fsp3) is 0.333. The average molecular weight is 283 g/mol. The second kappa shape index (κ2) is 5.87. The Morgan fingerprint density at radius 1 is 1.10 bits per heavy atom. The van der Waals surface area contributed by atoms with Gasteiger partial charge in [-0.05, 0) is 24.6 Å². The Bertz CT molecular complexity index is 623. The number of aromatic nitrogens is 3. The van der Waals surface area contributed by atoms with Gasteiger partial charge in [-0.15, -0.1) is 0 Å². The molecule has 1 fully saturated rings. The molecule has 0 spiro atoms. The number of pyridine rings is 1.